The molecule has 2 atom stereocenters. The number of sulfonamides is 1. The lowest BCUT2D eigenvalue weighted by Crippen LogP contribution is -2.49. The second-order valence-electron chi connectivity index (χ2n) is 10.2. The number of nitrogens with one attached hydrogen (secondary N) is 2. The molecule has 0 heterocycles. The van der Waals surface area contributed by atoms with E-state index in [0.717, 1.165) is 23.8 Å². The number of hydrogen-bond donors (Lipinski definition) is 3. The van der Waals surface area contributed by atoms with E-state index < -0.39 is 39.7 Å². The molecule has 3 N–H and O–H groups in total. The molecular weight excluding hydrogens is 524 g/mol. The Balaban J connectivity index is 2.08. The van der Waals surface area contributed by atoms with Crippen molar-refractivity contribution in [1.82, 2.24) is 14.9 Å². The number of carbonyl (C=O) groups is 1. The third kappa shape index (κ3) is 11.3. The fourth-order valence-corrected chi connectivity index (χ4v) is 5.98. The van der Waals surface area contributed by atoms with Gasteiger partial charge in [0.1, 0.15) is 11.6 Å². The van der Waals surface area contributed by atoms with Crippen molar-refractivity contribution in [3.8, 4) is 0 Å². The second kappa shape index (κ2) is 16.0. The molecular formula is C29H43F2N3O4S. The molecule has 0 saturated heterocycles. The minimum atomic E-state index is -3.62. The molecule has 0 bridgehead atoms. The highest BCUT2D eigenvalue weighted by molar-refractivity contribution is 7.89. The minimum Gasteiger partial charge on any atom is -0.390 e. The fraction of sp³-hybridized carbons (Fsp3) is 0.552. The van der Waals surface area contributed by atoms with E-state index in [0.29, 0.717) is 38.4 Å². The monoisotopic (exact) mass is 567 g/mol. The highest BCUT2D eigenvalue weighted by Gasteiger charge is 2.25. The van der Waals surface area contributed by atoms with Crippen molar-refractivity contribution < 1.29 is 27.1 Å². The van der Waals surface area contributed by atoms with Gasteiger partial charge in [0.2, 0.25) is 15.9 Å². The third-order valence-electron chi connectivity index (χ3n) is 6.42. The van der Waals surface area contributed by atoms with Gasteiger partial charge >= 0.3 is 0 Å². The topological polar surface area (TPSA) is 98.7 Å². The summed E-state index contributed by atoms with van der Waals surface area (Å²) in [4.78, 5) is 12.8. The van der Waals surface area contributed by atoms with Crippen LogP contribution in [0.3, 0.4) is 0 Å². The average Bonchev–Trinajstić information content (AvgIpc) is 2.86. The van der Waals surface area contributed by atoms with E-state index in [2.05, 4.69) is 36.6 Å². The molecule has 2 aromatic rings. The van der Waals surface area contributed by atoms with Gasteiger partial charge in [-0.25, -0.2) is 21.5 Å². The van der Waals surface area contributed by atoms with Crippen LogP contribution in [0.1, 0.15) is 69.6 Å². The molecule has 39 heavy (non-hydrogen) atoms. The summed E-state index contributed by atoms with van der Waals surface area (Å²) in [5.41, 5.74) is 2.50. The molecule has 2 aromatic carbocycles. The van der Waals surface area contributed by atoms with E-state index in [1.54, 1.807) is 0 Å². The van der Waals surface area contributed by atoms with Crippen LogP contribution in [0.2, 0.25) is 0 Å². The van der Waals surface area contributed by atoms with Crippen molar-refractivity contribution in [3.63, 3.8) is 0 Å². The predicted octanol–water partition coefficient (Wildman–Crippen LogP) is 4.11. The van der Waals surface area contributed by atoms with E-state index in [9.17, 15) is 27.1 Å². The van der Waals surface area contributed by atoms with E-state index in [-0.39, 0.29) is 30.7 Å². The molecule has 0 saturated carbocycles. The molecule has 0 aliphatic carbocycles. The summed E-state index contributed by atoms with van der Waals surface area (Å²) in [5.74, 6) is -2.06. The number of aliphatic hydroxyl groups excluding tert-OH is 1. The van der Waals surface area contributed by atoms with Gasteiger partial charge in [0.15, 0.2) is 0 Å². The molecule has 2 rings (SSSR count). The number of carbonyl (C=O) groups excluding carboxylic acids is 1. The average molecular weight is 568 g/mol. The van der Waals surface area contributed by atoms with Gasteiger partial charge in [-0.1, -0.05) is 52.0 Å². The van der Waals surface area contributed by atoms with Crippen LogP contribution in [-0.4, -0.2) is 61.3 Å². The van der Waals surface area contributed by atoms with E-state index in [4.69, 9.17) is 0 Å². The summed E-state index contributed by atoms with van der Waals surface area (Å²) in [6, 6.07) is 10.2. The smallest absolute Gasteiger partial charge is 0.221 e. The molecule has 0 fully saturated rings. The Morgan fingerprint density at radius 2 is 1.64 bits per heavy atom. The van der Waals surface area contributed by atoms with Crippen LogP contribution >= 0.6 is 0 Å². The zero-order valence-electron chi connectivity index (χ0n) is 23.4. The molecule has 0 aliphatic heterocycles. The normalized spacial score (nSPS) is 13.6. The third-order valence-corrected chi connectivity index (χ3v) is 8.29. The number of hydrogen-bond acceptors (Lipinski definition) is 5. The first-order chi connectivity index (χ1) is 18.4. The van der Waals surface area contributed by atoms with Crippen molar-refractivity contribution in [2.45, 2.75) is 78.0 Å². The first-order valence-electron chi connectivity index (χ1n) is 13.6. The number of benzene rings is 2. The standard InChI is InChI=1S/C29H43F2N3O4S/c1-5-11-34(12-6-2)39(37,38)13-10-29(36)33-27(17-23-15-25(30)18-26(31)16-23)28(35)20-32-19-22-8-7-9-24(14-22)21(3)4/h7-9,14-16,18,21,27-28,32,35H,5-6,10-13,17,19-20H2,1-4H3,(H,33,36). The predicted molar refractivity (Wildman–Crippen MR) is 151 cm³/mol. The van der Waals surface area contributed by atoms with Gasteiger partial charge in [-0.2, -0.15) is 0 Å². The Morgan fingerprint density at radius 3 is 2.23 bits per heavy atom. The number of aliphatic hydroxyl groups is 1. The molecule has 0 aromatic heterocycles. The Labute approximate surface area is 232 Å². The van der Waals surface area contributed by atoms with E-state index in [1.165, 1.54) is 9.87 Å². The SMILES string of the molecule is CCCN(CCC)S(=O)(=O)CCC(=O)NC(Cc1cc(F)cc(F)c1)C(O)CNCc1cccc(C(C)C)c1. The molecule has 1 amide bonds. The van der Waals surface area contributed by atoms with Gasteiger partial charge in [-0.15, -0.1) is 0 Å². The van der Waals surface area contributed by atoms with Crippen molar-refractivity contribution in [2.24, 2.45) is 0 Å². The van der Waals surface area contributed by atoms with Gasteiger partial charge in [-0.05, 0) is 54.0 Å². The first kappa shape index (κ1) is 32.8. The minimum absolute atomic E-state index is 0.0311. The quantitative estimate of drug-likeness (QED) is 0.267. The van der Waals surface area contributed by atoms with Crippen molar-refractivity contribution >= 4 is 15.9 Å². The van der Waals surface area contributed by atoms with E-state index >= 15 is 0 Å². The van der Waals surface area contributed by atoms with Crippen LogP contribution in [0.5, 0.6) is 0 Å². The number of nitrogens with zero attached hydrogens (tertiary/aromatic N) is 1. The van der Waals surface area contributed by atoms with Gasteiger partial charge in [0.25, 0.3) is 0 Å². The Hall–Kier alpha value is -2.40. The van der Waals surface area contributed by atoms with E-state index in [1.807, 2.05) is 26.0 Å². The molecule has 2 unspecified atom stereocenters. The van der Waals surface area contributed by atoms with Crippen LogP contribution < -0.4 is 10.6 Å². The fourth-order valence-electron chi connectivity index (χ4n) is 4.35. The molecule has 0 radical (unpaired) electrons. The van der Waals surface area contributed by atoms with Crippen LogP contribution in [-0.2, 0) is 27.8 Å². The number of rotatable bonds is 17. The summed E-state index contributed by atoms with van der Waals surface area (Å²) in [6.07, 6.45) is -0.0852. The summed E-state index contributed by atoms with van der Waals surface area (Å²) < 4.78 is 54.5. The number of halogens is 2. The highest BCUT2D eigenvalue weighted by atomic mass is 32.2. The lowest BCUT2D eigenvalue weighted by molar-refractivity contribution is -0.122. The molecule has 0 aliphatic rings. The molecule has 10 heteroatoms. The van der Waals surface area contributed by atoms with Crippen LogP contribution in [0.4, 0.5) is 8.78 Å². The van der Waals surface area contributed by atoms with Crippen molar-refractivity contribution in [3.05, 3.63) is 70.8 Å². The van der Waals surface area contributed by atoms with Gasteiger partial charge in [0, 0.05) is 38.7 Å². The molecule has 7 nitrogen and oxygen atoms in total. The van der Waals surface area contributed by atoms with Gasteiger partial charge in [-0.3, -0.25) is 4.79 Å². The van der Waals surface area contributed by atoms with Crippen molar-refractivity contribution in [1.29, 1.82) is 0 Å². The van der Waals surface area contributed by atoms with Crippen molar-refractivity contribution in [2.75, 3.05) is 25.4 Å². The lowest BCUT2D eigenvalue weighted by atomic mass is 10.00. The lowest BCUT2D eigenvalue weighted by Gasteiger charge is -2.25. The van der Waals surface area contributed by atoms with Gasteiger partial charge in [0.05, 0.1) is 17.9 Å². The summed E-state index contributed by atoms with van der Waals surface area (Å²) >= 11 is 0. The number of amides is 1. The summed E-state index contributed by atoms with van der Waals surface area (Å²) in [6.45, 7) is 9.35. The Morgan fingerprint density at radius 1 is 1.00 bits per heavy atom. The maximum atomic E-state index is 13.8. The van der Waals surface area contributed by atoms with Crippen LogP contribution in [0.15, 0.2) is 42.5 Å². The maximum Gasteiger partial charge on any atom is 0.221 e. The Bertz CT molecular complexity index is 1130. The summed E-state index contributed by atoms with van der Waals surface area (Å²) in [7, 11) is -3.62. The molecule has 218 valence electrons. The van der Waals surface area contributed by atoms with Crippen LogP contribution in [0, 0.1) is 11.6 Å². The van der Waals surface area contributed by atoms with Gasteiger partial charge < -0.3 is 15.7 Å². The maximum absolute atomic E-state index is 13.8. The summed E-state index contributed by atoms with van der Waals surface area (Å²) in [5, 5.41) is 16.8. The zero-order valence-corrected chi connectivity index (χ0v) is 24.2. The zero-order chi connectivity index (χ0) is 29.0. The first-order valence-corrected chi connectivity index (χ1v) is 15.3. The largest absolute Gasteiger partial charge is 0.390 e. The second-order valence-corrected chi connectivity index (χ2v) is 12.3. The molecule has 0 spiro atoms. The highest BCUT2D eigenvalue weighted by Crippen LogP contribution is 2.16. The van der Waals surface area contributed by atoms with Crippen LogP contribution in [0.25, 0.3) is 0 Å². The Kier molecular flexibility index (Phi) is 13.5.